The van der Waals surface area contributed by atoms with Gasteiger partial charge in [-0.25, -0.2) is 0 Å². The van der Waals surface area contributed by atoms with E-state index in [4.69, 9.17) is 4.74 Å². The van der Waals surface area contributed by atoms with E-state index in [-0.39, 0.29) is 0 Å². The molecule has 2 nitrogen and oxygen atoms in total. The Kier molecular flexibility index (Phi) is 6.54. The number of hydrogen-bond donors (Lipinski definition) is 1. The van der Waals surface area contributed by atoms with Crippen molar-refractivity contribution in [3.63, 3.8) is 0 Å². The van der Waals surface area contributed by atoms with Crippen molar-refractivity contribution in [1.29, 1.82) is 0 Å². The summed E-state index contributed by atoms with van der Waals surface area (Å²) < 4.78 is 5.41. The van der Waals surface area contributed by atoms with Gasteiger partial charge in [0, 0.05) is 13.2 Å². The highest BCUT2D eigenvalue weighted by Gasteiger charge is 1.92. The van der Waals surface area contributed by atoms with Crippen LogP contribution in [0.4, 0.5) is 0 Å². The smallest absolute Gasteiger partial charge is 0.0671 e. The number of benzene rings is 1. The Hall–Kier alpha value is -1.12. The van der Waals surface area contributed by atoms with E-state index >= 15 is 0 Å². The average molecular weight is 219 g/mol. The van der Waals surface area contributed by atoms with Crippen molar-refractivity contribution in [1.82, 2.24) is 5.32 Å². The molecule has 0 radical (unpaired) electrons. The van der Waals surface area contributed by atoms with E-state index in [0.717, 1.165) is 31.7 Å². The number of rotatable bonds is 8. The SMILES string of the molecule is C=C(C)COCCCNCc1ccccc1. The summed E-state index contributed by atoms with van der Waals surface area (Å²) in [4.78, 5) is 0. The van der Waals surface area contributed by atoms with E-state index in [0.29, 0.717) is 6.61 Å². The zero-order valence-electron chi connectivity index (χ0n) is 10.0. The second kappa shape index (κ2) is 8.08. The van der Waals surface area contributed by atoms with Gasteiger partial charge in [-0.3, -0.25) is 0 Å². The highest BCUT2D eigenvalue weighted by molar-refractivity contribution is 5.14. The van der Waals surface area contributed by atoms with E-state index in [1.165, 1.54) is 5.56 Å². The molecular weight excluding hydrogens is 198 g/mol. The summed E-state index contributed by atoms with van der Waals surface area (Å²) in [6.45, 7) is 9.17. The van der Waals surface area contributed by atoms with Gasteiger partial charge in [0.1, 0.15) is 0 Å². The normalized spacial score (nSPS) is 10.3. The zero-order valence-corrected chi connectivity index (χ0v) is 10.0. The molecule has 1 N–H and O–H groups in total. The van der Waals surface area contributed by atoms with Crippen molar-refractivity contribution in [2.75, 3.05) is 19.8 Å². The maximum atomic E-state index is 5.41. The quantitative estimate of drug-likeness (QED) is 0.536. The molecule has 0 amide bonds. The van der Waals surface area contributed by atoms with E-state index in [1.807, 2.05) is 13.0 Å². The van der Waals surface area contributed by atoms with E-state index in [2.05, 4.69) is 36.2 Å². The van der Waals surface area contributed by atoms with Crippen molar-refractivity contribution < 1.29 is 4.74 Å². The molecule has 0 saturated heterocycles. The fourth-order valence-electron chi connectivity index (χ4n) is 1.37. The van der Waals surface area contributed by atoms with Crippen LogP contribution in [0.1, 0.15) is 18.9 Å². The van der Waals surface area contributed by atoms with Gasteiger partial charge in [-0.1, -0.05) is 42.5 Å². The minimum atomic E-state index is 0.679. The van der Waals surface area contributed by atoms with Gasteiger partial charge in [-0.05, 0) is 25.5 Å². The lowest BCUT2D eigenvalue weighted by molar-refractivity contribution is 0.153. The summed E-state index contributed by atoms with van der Waals surface area (Å²) >= 11 is 0. The summed E-state index contributed by atoms with van der Waals surface area (Å²) in [5.41, 5.74) is 2.41. The molecule has 0 aliphatic rings. The van der Waals surface area contributed by atoms with Crippen molar-refractivity contribution >= 4 is 0 Å². The van der Waals surface area contributed by atoms with Crippen molar-refractivity contribution in [3.05, 3.63) is 48.0 Å². The molecule has 88 valence electrons. The van der Waals surface area contributed by atoms with Crippen LogP contribution in [-0.4, -0.2) is 19.8 Å². The minimum absolute atomic E-state index is 0.679. The van der Waals surface area contributed by atoms with E-state index in [1.54, 1.807) is 0 Å². The lowest BCUT2D eigenvalue weighted by atomic mass is 10.2. The van der Waals surface area contributed by atoms with Crippen LogP contribution < -0.4 is 5.32 Å². The van der Waals surface area contributed by atoms with Gasteiger partial charge in [0.25, 0.3) is 0 Å². The second-order valence-electron chi connectivity index (χ2n) is 4.03. The summed E-state index contributed by atoms with van der Waals surface area (Å²) in [7, 11) is 0. The second-order valence-corrected chi connectivity index (χ2v) is 4.03. The molecular formula is C14H21NO. The highest BCUT2D eigenvalue weighted by Crippen LogP contribution is 1.97. The minimum Gasteiger partial charge on any atom is -0.377 e. The molecule has 0 heterocycles. The highest BCUT2D eigenvalue weighted by atomic mass is 16.5. The first kappa shape index (κ1) is 12.9. The Labute approximate surface area is 98.3 Å². The average Bonchev–Trinajstić information content (AvgIpc) is 2.29. The van der Waals surface area contributed by atoms with Crippen LogP contribution in [-0.2, 0) is 11.3 Å². The molecule has 16 heavy (non-hydrogen) atoms. The Morgan fingerprint density at radius 1 is 1.31 bits per heavy atom. The van der Waals surface area contributed by atoms with Gasteiger partial charge in [0.2, 0.25) is 0 Å². The first-order valence-electron chi connectivity index (χ1n) is 5.76. The lowest BCUT2D eigenvalue weighted by Crippen LogP contribution is -2.16. The van der Waals surface area contributed by atoms with Gasteiger partial charge in [-0.15, -0.1) is 0 Å². The van der Waals surface area contributed by atoms with Gasteiger partial charge in [-0.2, -0.15) is 0 Å². The Bertz CT molecular complexity index is 295. The van der Waals surface area contributed by atoms with Gasteiger partial charge in [0.05, 0.1) is 6.61 Å². The molecule has 0 fully saturated rings. The molecule has 0 atom stereocenters. The topological polar surface area (TPSA) is 21.3 Å². The predicted molar refractivity (Wildman–Crippen MR) is 68.4 cm³/mol. The van der Waals surface area contributed by atoms with Crippen LogP contribution >= 0.6 is 0 Å². The molecule has 0 aromatic heterocycles. The molecule has 0 spiro atoms. The fraction of sp³-hybridized carbons (Fsp3) is 0.429. The summed E-state index contributed by atoms with van der Waals surface area (Å²) in [6.07, 6.45) is 1.04. The van der Waals surface area contributed by atoms with Gasteiger partial charge < -0.3 is 10.1 Å². The molecule has 0 bridgehead atoms. The fourth-order valence-corrected chi connectivity index (χ4v) is 1.37. The van der Waals surface area contributed by atoms with Crippen LogP contribution in [0.5, 0.6) is 0 Å². The summed E-state index contributed by atoms with van der Waals surface area (Å²) in [5, 5.41) is 3.39. The third-order valence-electron chi connectivity index (χ3n) is 2.16. The van der Waals surface area contributed by atoms with Crippen molar-refractivity contribution in [2.45, 2.75) is 19.9 Å². The Balaban J connectivity index is 1.94. The standard InChI is InChI=1S/C14H21NO/c1-13(2)12-16-10-6-9-15-11-14-7-4-3-5-8-14/h3-5,7-8,15H,1,6,9-12H2,2H3. The molecule has 0 aliphatic carbocycles. The van der Waals surface area contributed by atoms with Crippen LogP contribution in [0.25, 0.3) is 0 Å². The van der Waals surface area contributed by atoms with Crippen LogP contribution in [0.3, 0.4) is 0 Å². The summed E-state index contributed by atoms with van der Waals surface area (Å²) in [5.74, 6) is 0. The first-order valence-corrected chi connectivity index (χ1v) is 5.76. The van der Waals surface area contributed by atoms with E-state index < -0.39 is 0 Å². The Morgan fingerprint density at radius 2 is 2.06 bits per heavy atom. The number of ether oxygens (including phenoxy) is 1. The van der Waals surface area contributed by atoms with E-state index in [9.17, 15) is 0 Å². The van der Waals surface area contributed by atoms with Gasteiger partial charge in [0.15, 0.2) is 0 Å². The maximum Gasteiger partial charge on any atom is 0.0671 e. The third-order valence-corrected chi connectivity index (χ3v) is 2.16. The molecule has 1 aromatic carbocycles. The molecule has 1 rings (SSSR count). The van der Waals surface area contributed by atoms with Gasteiger partial charge >= 0.3 is 0 Å². The molecule has 0 aliphatic heterocycles. The molecule has 2 heteroatoms. The first-order chi connectivity index (χ1) is 7.79. The van der Waals surface area contributed by atoms with Crippen molar-refractivity contribution in [3.8, 4) is 0 Å². The van der Waals surface area contributed by atoms with Crippen LogP contribution in [0.2, 0.25) is 0 Å². The Morgan fingerprint density at radius 3 is 2.75 bits per heavy atom. The van der Waals surface area contributed by atoms with Crippen LogP contribution in [0, 0.1) is 0 Å². The molecule has 0 unspecified atom stereocenters. The zero-order chi connectivity index (χ0) is 11.6. The monoisotopic (exact) mass is 219 g/mol. The van der Waals surface area contributed by atoms with Crippen molar-refractivity contribution in [2.24, 2.45) is 0 Å². The van der Waals surface area contributed by atoms with Crippen LogP contribution in [0.15, 0.2) is 42.5 Å². The largest absolute Gasteiger partial charge is 0.377 e. The third kappa shape index (κ3) is 6.38. The lowest BCUT2D eigenvalue weighted by Gasteiger charge is -2.05. The molecule has 1 aromatic rings. The molecule has 0 saturated carbocycles. The maximum absolute atomic E-state index is 5.41. The number of hydrogen-bond acceptors (Lipinski definition) is 2. The predicted octanol–water partition coefficient (Wildman–Crippen LogP) is 2.76. The summed E-state index contributed by atoms with van der Waals surface area (Å²) in [6, 6.07) is 10.4. The number of nitrogens with one attached hydrogen (secondary N) is 1.